The number of Topliss-reactive ketones (excluding diaryl/α,β-unsaturated/α-hetero) is 3. The predicted octanol–water partition coefficient (Wildman–Crippen LogP) is 2.89. The standard InChI is InChI=1S/C22H38N2O5/c1-6-7-8-9-19(14-18(5)27)23-22(29)20(13-12-17(4)26)24-21(28)15(2)10-11-16(3)25/h15,19-20H,6-14H2,1-5H3,(H,23,29)(H,24,28). The molecule has 2 N–H and O–H groups in total. The van der Waals surface area contributed by atoms with Crippen LogP contribution in [0.2, 0.25) is 0 Å². The highest BCUT2D eigenvalue weighted by molar-refractivity contribution is 5.89. The van der Waals surface area contributed by atoms with E-state index in [1.807, 2.05) is 0 Å². The summed E-state index contributed by atoms with van der Waals surface area (Å²) < 4.78 is 0. The third-order valence-electron chi connectivity index (χ3n) is 4.83. The van der Waals surface area contributed by atoms with Gasteiger partial charge in [-0.3, -0.25) is 14.4 Å². The van der Waals surface area contributed by atoms with Crippen LogP contribution in [-0.2, 0) is 24.0 Å². The zero-order valence-corrected chi connectivity index (χ0v) is 18.6. The summed E-state index contributed by atoms with van der Waals surface area (Å²) in [4.78, 5) is 59.3. The molecule has 0 aromatic heterocycles. The van der Waals surface area contributed by atoms with Gasteiger partial charge in [0.2, 0.25) is 11.8 Å². The van der Waals surface area contributed by atoms with E-state index in [4.69, 9.17) is 0 Å². The van der Waals surface area contributed by atoms with Gasteiger partial charge < -0.3 is 20.2 Å². The Labute approximate surface area is 174 Å². The molecule has 29 heavy (non-hydrogen) atoms. The Morgan fingerprint density at radius 1 is 0.724 bits per heavy atom. The summed E-state index contributed by atoms with van der Waals surface area (Å²) in [5, 5.41) is 5.61. The Bertz CT molecular complexity index is 574. The van der Waals surface area contributed by atoms with Gasteiger partial charge in [-0.15, -0.1) is 0 Å². The van der Waals surface area contributed by atoms with Crippen molar-refractivity contribution in [3.8, 4) is 0 Å². The molecule has 0 aromatic carbocycles. The fourth-order valence-corrected chi connectivity index (χ4v) is 3.00. The van der Waals surface area contributed by atoms with Gasteiger partial charge in [0, 0.05) is 31.2 Å². The Balaban J connectivity index is 5.05. The third kappa shape index (κ3) is 13.7. The van der Waals surface area contributed by atoms with Gasteiger partial charge in [-0.25, -0.2) is 0 Å². The number of amides is 2. The van der Waals surface area contributed by atoms with Gasteiger partial charge in [0.15, 0.2) is 0 Å². The van der Waals surface area contributed by atoms with Crippen molar-refractivity contribution in [3.63, 3.8) is 0 Å². The molecular formula is C22H38N2O5. The maximum absolute atomic E-state index is 12.8. The van der Waals surface area contributed by atoms with Crippen molar-refractivity contribution >= 4 is 29.2 Å². The van der Waals surface area contributed by atoms with Crippen LogP contribution in [0, 0.1) is 5.92 Å². The average molecular weight is 411 g/mol. The van der Waals surface area contributed by atoms with Crippen LogP contribution in [-0.4, -0.2) is 41.2 Å². The summed E-state index contributed by atoms with van der Waals surface area (Å²) in [5.41, 5.74) is 0. The Morgan fingerprint density at radius 2 is 1.31 bits per heavy atom. The molecule has 0 fully saturated rings. The van der Waals surface area contributed by atoms with E-state index >= 15 is 0 Å². The van der Waals surface area contributed by atoms with Crippen LogP contribution in [0.1, 0.15) is 92.4 Å². The smallest absolute Gasteiger partial charge is 0.242 e. The Kier molecular flexibility index (Phi) is 13.8. The lowest BCUT2D eigenvalue weighted by molar-refractivity contribution is -0.132. The predicted molar refractivity (Wildman–Crippen MR) is 112 cm³/mol. The molecule has 3 atom stereocenters. The minimum Gasteiger partial charge on any atom is -0.351 e. The van der Waals surface area contributed by atoms with Crippen LogP contribution in [0.4, 0.5) is 0 Å². The van der Waals surface area contributed by atoms with Crippen LogP contribution < -0.4 is 10.6 Å². The van der Waals surface area contributed by atoms with Crippen LogP contribution in [0.5, 0.6) is 0 Å². The number of unbranched alkanes of at least 4 members (excludes halogenated alkanes) is 2. The number of nitrogens with one attached hydrogen (secondary N) is 2. The van der Waals surface area contributed by atoms with Crippen molar-refractivity contribution < 1.29 is 24.0 Å². The maximum atomic E-state index is 12.8. The summed E-state index contributed by atoms with van der Waals surface area (Å²) in [5.74, 6) is -1.16. The summed E-state index contributed by atoms with van der Waals surface area (Å²) in [6.45, 7) is 8.20. The van der Waals surface area contributed by atoms with Crippen molar-refractivity contribution in [1.82, 2.24) is 10.6 Å². The first-order valence-electron chi connectivity index (χ1n) is 10.7. The molecule has 166 valence electrons. The van der Waals surface area contributed by atoms with E-state index in [9.17, 15) is 24.0 Å². The topological polar surface area (TPSA) is 109 Å². The monoisotopic (exact) mass is 410 g/mol. The lowest BCUT2D eigenvalue weighted by atomic mass is 10.00. The first-order chi connectivity index (χ1) is 13.6. The van der Waals surface area contributed by atoms with E-state index in [0.29, 0.717) is 19.3 Å². The molecule has 0 saturated heterocycles. The summed E-state index contributed by atoms with van der Waals surface area (Å²) in [7, 11) is 0. The summed E-state index contributed by atoms with van der Waals surface area (Å²) in [6, 6.07) is -1.12. The molecule has 0 rings (SSSR count). The van der Waals surface area contributed by atoms with Crippen molar-refractivity contribution in [1.29, 1.82) is 0 Å². The molecule has 3 unspecified atom stereocenters. The second kappa shape index (κ2) is 14.9. The molecule has 0 spiro atoms. The molecule has 0 aliphatic heterocycles. The largest absolute Gasteiger partial charge is 0.351 e. The molecule has 0 aliphatic carbocycles. The van der Waals surface area contributed by atoms with Crippen LogP contribution in [0.3, 0.4) is 0 Å². The van der Waals surface area contributed by atoms with Gasteiger partial charge in [-0.1, -0.05) is 33.1 Å². The average Bonchev–Trinajstić information content (AvgIpc) is 2.62. The van der Waals surface area contributed by atoms with Crippen LogP contribution in [0.25, 0.3) is 0 Å². The van der Waals surface area contributed by atoms with Crippen molar-refractivity contribution in [2.24, 2.45) is 5.92 Å². The van der Waals surface area contributed by atoms with E-state index in [1.165, 1.54) is 20.8 Å². The number of carbonyl (C=O) groups is 5. The number of carbonyl (C=O) groups excluding carboxylic acids is 5. The zero-order chi connectivity index (χ0) is 22.4. The molecular weight excluding hydrogens is 372 g/mol. The minimum absolute atomic E-state index is 0.00558. The fraction of sp³-hybridized carbons (Fsp3) is 0.773. The summed E-state index contributed by atoms with van der Waals surface area (Å²) >= 11 is 0. The van der Waals surface area contributed by atoms with Gasteiger partial charge >= 0.3 is 0 Å². The fourth-order valence-electron chi connectivity index (χ4n) is 3.00. The van der Waals surface area contributed by atoms with Crippen molar-refractivity contribution in [2.75, 3.05) is 0 Å². The van der Waals surface area contributed by atoms with E-state index in [0.717, 1.165) is 19.3 Å². The van der Waals surface area contributed by atoms with Crippen molar-refractivity contribution in [3.05, 3.63) is 0 Å². The second-order valence-electron chi connectivity index (χ2n) is 8.05. The lowest BCUT2D eigenvalue weighted by Gasteiger charge is -2.24. The summed E-state index contributed by atoms with van der Waals surface area (Å²) in [6.07, 6.45) is 4.99. The highest BCUT2D eigenvalue weighted by atomic mass is 16.2. The van der Waals surface area contributed by atoms with Crippen LogP contribution in [0.15, 0.2) is 0 Å². The van der Waals surface area contributed by atoms with E-state index in [1.54, 1.807) is 6.92 Å². The number of hydrogen-bond acceptors (Lipinski definition) is 5. The van der Waals surface area contributed by atoms with E-state index < -0.39 is 12.0 Å². The van der Waals surface area contributed by atoms with Gasteiger partial charge in [0.05, 0.1) is 0 Å². The maximum Gasteiger partial charge on any atom is 0.242 e. The molecule has 0 radical (unpaired) electrons. The SMILES string of the molecule is CCCCCC(CC(C)=O)NC(=O)C(CCC(C)=O)NC(=O)C(C)CCC(C)=O. The first-order valence-corrected chi connectivity index (χ1v) is 10.7. The molecule has 0 aromatic rings. The quantitative estimate of drug-likeness (QED) is 0.380. The molecule has 0 bridgehead atoms. The van der Waals surface area contributed by atoms with Crippen LogP contribution >= 0.6 is 0 Å². The van der Waals surface area contributed by atoms with Gasteiger partial charge in [-0.05, 0) is 40.0 Å². The minimum atomic E-state index is -0.841. The van der Waals surface area contributed by atoms with Gasteiger partial charge in [0.1, 0.15) is 23.4 Å². The highest BCUT2D eigenvalue weighted by Crippen LogP contribution is 2.11. The molecule has 7 nitrogen and oxygen atoms in total. The Morgan fingerprint density at radius 3 is 1.83 bits per heavy atom. The number of rotatable bonds is 16. The Hall–Kier alpha value is -2.05. The zero-order valence-electron chi connectivity index (χ0n) is 18.6. The highest BCUT2D eigenvalue weighted by Gasteiger charge is 2.26. The van der Waals surface area contributed by atoms with E-state index in [2.05, 4.69) is 17.6 Å². The molecule has 0 saturated carbocycles. The second-order valence-corrected chi connectivity index (χ2v) is 8.05. The lowest BCUT2D eigenvalue weighted by Crippen LogP contribution is -2.51. The molecule has 0 heterocycles. The number of hydrogen-bond donors (Lipinski definition) is 2. The normalized spacial score (nSPS) is 13.8. The van der Waals surface area contributed by atoms with Gasteiger partial charge in [0.25, 0.3) is 0 Å². The van der Waals surface area contributed by atoms with E-state index in [-0.39, 0.29) is 54.5 Å². The molecule has 7 heteroatoms. The number of ketones is 3. The van der Waals surface area contributed by atoms with Crippen molar-refractivity contribution in [2.45, 2.75) is 104 Å². The van der Waals surface area contributed by atoms with Gasteiger partial charge in [-0.2, -0.15) is 0 Å². The third-order valence-corrected chi connectivity index (χ3v) is 4.83. The molecule has 0 aliphatic rings. The first kappa shape index (κ1) is 27.0. The molecule has 2 amide bonds.